The molecule has 2 aromatic heterocycles. The number of fused-ring (bicyclic) bond motifs is 1. The first kappa shape index (κ1) is 18.1. The molecule has 0 spiro atoms. The Labute approximate surface area is 161 Å². The van der Waals surface area contributed by atoms with E-state index < -0.39 is 0 Å². The molecule has 1 saturated heterocycles. The number of imidazole rings is 1. The zero-order valence-electron chi connectivity index (χ0n) is 15.5. The molecule has 8 nitrogen and oxygen atoms in total. The van der Waals surface area contributed by atoms with E-state index in [0.29, 0.717) is 35.8 Å². The maximum absolute atomic E-state index is 13.0. The summed E-state index contributed by atoms with van der Waals surface area (Å²) in [6.07, 6.45) is 4.51. The van der Waals surface area contributed by atoms with E-state index in [1.54, 1.807) is 23.4 Å². The fraction of sp³-hybridized carbons (Fsp3) is 0.368. The number of hydrogen-bond donors (Lipinski definition) is 1. The minimum atomic E-state index is -0.284. The summed E-state index contributed by atoms with van der Waals surface area (Å²) >= 11 is 0. The van der Waals surface area contributed by atoms with Crippen molar-refractivity contribution in [1.82, 2.24) is 24.8 Å². The number of likely N-dealkylation sites (tertiary alicyclic amines) is 1. The van der Waals surface area contributed by atoms with E-state index in [0.717, 1.165) is 12.8 Å². The zero-order valence-corrected chi connectivity index (χ0v) is 15.5. The lowest BCUT2D eigenvalue weighted by Crippen LogP contribution is -2.45. The smallest absolute Gasteiger partial charge is 0.242 e. The van der Waals surface area contributed by atoms with E-state index >= 15 is 0 Å². The number of likely N-dealkylation sites (N-methyl/N-ethyl adjacent to an activating group) is 1. The molecule has 0 aliphatic carbocycles. The Bertz CT molecular complexity index is 952. The summed E-state index contributed by atoms with van der Waals surface area (Å²) in [6.45, 7) is 1.47. The zero-order chi connectivity index (χ0) is 19.5. The van der Waals surface area contributed by atoms with Crippen LogP contribution in [0.4, 0.5) is 10.2 Å². The Kier molecular flexibility index (Phi) is 5.05. The molecule has 0 radical (unpaired) electrons. The number of nitrogens with one attached hydrogen (secondary N) is 1. The number of carbonyl (C=O) groups is 1. The van der Waals surface area contributed by atoms with Crippen LogP contribution in [0.2, 0.25) is 0 Å². The van der Waals surface area contributed by atoms with Crippen molar-refractivity contribution < 1.29 is 13.9 Å². The van der Waals surface area contributed by atoms with Crippen LogP contribution in [0.25, 0.3) is 11.2 Å². The highest BCUT2D eigenvalue weighted by Gasteiger charge is 2.25. The standard InChI is InChI=1S/C19H21FN6O2/c1-25(19-17-18(22-11-21-17)23-12-24-19)10-16(27)26-8-6-15(7-9-26)28-14-4-2-13(20)3-5-14/h2-5,11-12,15H,6-10H2,1H3,(H,21,22,23,24). The second-order valence-corrected chi connectivity index (χ2v) is 6.81. The summed E-state index contributed by atoms with van der Waals surface area (Å²) in [6, 6.07) is 6.01. The van der Waals surface area contributed by atoms with Crippen LogP contribution in [0.15, 0.2) is 36.9 Å². The van der Waals surface area contributed by atoms with Crippen molar-refractivity contribution in [1.29, 1.82) is 0 Å². The molecule has 146 valence electrons. The predicted molar refractivity (Wildman–Crippen MR) is 102 cm³/mol. The van der Waals surface area contributed by atoms with E-state index in [1.807, 2.05) is 11.9 Å². The summed E-state index contributed by atoms with van der Waals surface area (Å²) in [7, 11) is 1.82. The van der Waals surface area contributed by atoms with Gasteiger partial charge in [-0.05, 0) is 24.3 Å². The van der Waals surface area contributed by atoms with Crippen LogP contribution in [0.5, 0.6) is 5.75 Å². The minimum Gasteiger partial charge on any atom is -0.490 e. The van der Waals surface area contributed by atoms with Crippen molar-refractivity contribution in [2.24, 2.45) is 0 Å². The number of nitrogens with zero attached hydrogens (tertiary/aromatic N) is 5. The number of halogens is 1. The average Bonchev–Trinajstić information content (AvgIpc) is 3.19. The molecular formula is C19H21FN6O2. The molecule has 0 bridgehead atoms. The first-order valence-corrected chi connectivity index (χ1v) is 9.15. The van der Waals surface area contributed by atoms with Crippen molar-refractivity contribution in [3.05, 3.63) is 42.7 Å². The minimum absolute atomic E-state index is 0.0266. The van der Waals surface area contributed by atoms with Crippen LogP contribution in [0, 0.1) is 5.82 Å². The van der Waals surface area contributed by atoms with Gasteiger partial charge < -0.3 is 19.5 Å². The molecule has 0 saturated carbocycles. The number of piperidine rings is 1. The lowest BCUT2D eigenvalue weighted by molar-refractivity contribution is -0.131. The molecule has 1 aromatic carbocycles. The Morgan fingerprint density at radius 3 is 2.75 bits per heavy atom. The highest BCUT2D eigenvalue weighted by Crippen LogP contribution is 2.21. The van der Waals surface area contributed by atoms with Crippen molar-refractivity contribution in [2.75, 3.05) is 31.6 Å². The Morgan fingerprint density at radius 1 is 1.25 bits per heavy atom. The monoisotopic (exact) mass is 384 g/mol. The summed E-state index contributed by atoms with van der Waals surface area (Å²) in [5.41, 5.74) is 1.28. The van der Waals surface area contributed by atoms with Crippen molar-refractivity contribution in [2.45, 2.75) is 18.9 Å². The lowest BCUT2D eigenvalue weighted by atomic mass is 10.1. The highest BCUT2D eigenvalue weighted by molar-refractivity contribution is 5.87. The third-order valence-electron chi connectivity index (χ3n) is 4.85. The van der Waals surface area contributed by atoms with Gasteiger partial charge in [-0.1, -0.05) is 0 Å². The third kappa shape index (κ3) is 3.88. The number of aromatic nitrogens is 4. The van der Waals surface area contributed by atoms with Crippen LogP contribution < -0.4 is 9.64 Å². The quantitative estimate of drug-likeness (QED) is 0.724. The van der Waals surface area contributed by atoms with Crippen molar-refractivity contribution in [3.63, 3.8) is 0 Å². The number of carbonyl (C=O) groups excluding carboxylic acids is 1. The van der Waals surface area contributed by atoms with Crippen molar-refractivity contribution in [3.8, 4) is 5.75 Å². The van der Waals surface area contributed by atoms with Crippen LogP contribution in [0.3, 0.4) is 0 Å². The van der Waals surface area contributed by atoms with Gasteiger partial charge >= 0.3 is 0 Å². The first-order chi connectivity index (χ1) is 13.6. The molecule has 3 aromatic rings. The molecule has 4 rings (SSSR count). The Hall–Kier alpha value is -3.23. The second-order valence-electron chi connectivity index (χ2n) is 6.81. The van der Waals surface area contributed by atoms with Gasteiger partial charge in [0.05, 0.1) is 12.9 Å². The third-order valence-corrected chi connectivity index (χ3v) is 4.85. The van der Waals surface area contributed by atoms with E-state index in [9.17, 15) is 9.18 Å². The topological polar surface area (TPSA) is 87.2 Å². The van der Waals surface area contributed by atoms with E-state index in [1.165, 1.54) is 18.5 Å². The van der Waals surface area contributed by atoms with Crippen LogP contribution in [0.1, 0.15) is 12.8 Å². The number of aromatic amines is 1. The maximum Gasteiger partial charge on any atom is 0.242 e. The van der Waals surface area contributed by atoms with Crippen molar-refractivity contribution >= 4 is 22.9 Å². The lowest BCUT2D eigenvalue weighted by Gasteiger charge is -2.33. The molecule has 1 amide bonds. The number of rotatable bonds is 5. The van der Waals surface area contributed by atoms with Gasteiger partial charge in [-0.2, -0.15) is 0 Å². The van der Waals surface area contributed by atoms with Gasteiger partial charge in [0, 0.05) is 33.0 Å². The van der Waals surface area contributed by atoms with Crippen LogP contribution in [-0.4, -0.2) is 63.5 Å². The van der Waals surface area contributed by atoms with Crippen LogP contribution >= 0.6 is 0 Å². The highest BCUT2D eigenvalue weighted by atomic mass is 19.1. The second kappa shape index (κ2) is 7.79. The number of ether oxygens (including phenoxy) is 1. The van der Waals surface area contributed by atoms with Gasteiger partial charge in [0.1, 0.15) is 29.5 Å². The molecule has 1 aliphatic rings. The summed E-state index contributed by atoms with van der Waals surface area (Å²) in [4.78, 5) is 31.8. The molecule has 9 heteroatoms. The molecule has 1 N–H and O–H groups in total. The molecule has 1 fully saturated rings. The molecule has 1 aliphatic heterocycles. The molecule has 0 atom stereocenters. The Balaban J connectivity index is 1.31. The predicted octanol–water partition coefficient (Wildman–Crippen LogP) is 2.00. The van der Waals surface area contributed by atoms with Gasteiger partial charge in [0.25, 0.3) is 0 Å². The fourth-order valence-corrected chi connectivity index (χ4v) is 3.35. The average molecular weight is 384 g/mol. The number of amides is 1. The Morgan fingerprint density at radius 2 is 2.00 bits per heavy atom. The van der Waals surface area contributed by atoms with Gasteiger partial charge in [-0.25, -0.2) is 19.3 Å². The summed E-state index contributed by atoms with van der Waals surface area (Å²) < 4.78 is 18.9. The molecule has 0 unspecified atom stereocenters. The summed E-state index contributed by atoms with van der Waals surface area (Å²) in [5.74, 6) is 1.05. The number of anilines is 1. The van der Waals surface area contributed by atoms with E-state index in [2.05, 4.69) is 19.9 Å². The number of benzene rings is 1. The summed E-state index contributed by atoms with van der Waals surface area (Å²) in [5, 5.41) is 0. The largest absolute Gasteiger partial charge is 0.490 e. The van der Waals surface area contributed by atoms with Gasteiger partial charge in [-0.3, -0.25) is 4.79 Å². The molecule has 3 heterocycles. The van der Waals surface area contributed by atoms with Gasteiger partial charge in [0.15, 0.2) is 11.5 Å². The van der Waals surface area contributed by atoms with E-state index in [4.69, 9.17) is 4.74 Å². The number of H-pyrrole nitrogens is 1. The number of hydrogen-bond acceptors (Lipinski definition) is 6. The SMILES string of the molecule is CN(CC(=O)N1CCC(Oc2ccc(F)cc2)CC1)c1ncnc2nc[nH]c12. The van der Waals surface area contributed by atoms with Gasteiger partial charge in [-0.15, -0.1) is 0 Å². The molecular weight excluding hydrogens is 363 g/mol. The normalized spacial score (nSPS) is 15.0. The maximum atomic E-state index is 13.0. The van der Waals surface area contributed by atoms with Gasteiger partial charge in [0.2, 0.25) is 5.91 Å². The fourth-order valence-electron chi connectivity index (χ4n) is 3.35. The van der Waals surface area contributed by atoms with Crippen LogP contribution in [-0.2, 0) is 4.79 Å². The molecule has 28 heavy (non-hydrogen) atoms. The first-order valence-electron chi connectivity index (χ1n) is 9.15. The van der Waals surface area contributed by atoms with E-state index in [-0.39, 0.29) is 24.4 Å².